The van der Waals surface area contributed by atoms with Crippen LogP contribution in [0.4, 0.5) is 0 Å². The minimum atomic E-state index is -3.78. The highest BCUT2D eigenvalue weighted by atomic mass is 32.2. The molecule has 0 heterocycles. The summed E-state index contributed by atoms with van der Waals surface area (Å²) in [6.07, 6.45) is 3.55. The SMILES string of the molecule is O=C(O)c1cccc(S(=O)(=O)NCC2(CO)CCCC2)c1. The van der Waals surface area contributed by atoms with Crippen LogP contribution in [0.2, 0.25) is 0 Å². The fourth-order valence-electron chi connectivity index (χ4n) is 2.64. The fourth-order valence-corrected chi connectivity index (χ4v) is 3.85. The molecule has 0 saturated heterocycles. The zero-order valence-electron chi connectivity index (χ0n) is 11.6. The van der Waals surface area contributed by atoms with Gasteiger partial charge in [0, 0.05) is 18.6 Å². The molecule has 0 unspecified atom stereocenters. The summed E-state index contributed by atoms with van der Waals surface area (Å²) in [5, 5.41) is 18.4. The maximum Gasteiger partial charge on any atom is 0.335 e. The average molecular weight is 313 g/mol. The van der Waals surface area contributed by atoms with Gasteiger partial charge in [-0.15, -0.1) is 0 Å². The van der Waals surface area contributed by atoms with Gasteiger partial charge in [-0.25, -0.2) is 17.9 Å². The summed E-state index contributed by atoms with van der Waals surface area (Å²) in [5.41, 5.74) is -0.465. The first kappa shape index (κ1) is 15.9. The summed E-state index contributed by atoms with van der Waals surface area (Å²) < 4.78 is 27.0. The van der Waals surface area contributed by atoms with Gasteiger partial charge in [0.1, 0.15) is 0 Å². The van der Waals surface area contributed by atoms with Crippen LogP contribution in [0.25, 0.3) is 0 Å². The molecule has 1 aromatic rings. The van der Waals surface area contributed by atoms with Crippen molar-refractivity contribution in [3.05, 3.63) is 29.8 Å². The quantitative estimate of drug-likeness (QED) is 0.732. The van der Waals surface area contributed by atoms with E-state index in [0.29, 0.717) is 0 Å². The predicted octanol–water partition coefficient (Wildman–Crippen LogP) is 1.22. The Bertz CT molecular complexity index is 620. The highest BCUT2D eigenvalue weighted by Crippen LogP contribution is 2.37. The van der Waals surface area contributed by atoms with Crippen molar-refractivity contribution in [2.45, 2.75) is 30.6 Å². The molecule has 0 amide bonds. The molecule has 0 aliphatic heterocycles. The monoisotopic (exact) mass is 313 g/mol. The Balaban J connectivity index is 2.15. The number of aliphatic hydroxyl groups is 1. The minimum absolute atomic E-state index is 0.0509. The lowest BCUT2D eigenvalue weighted by atomic mass is 9.88. The molecular weight excluding hydrogens is 294 g/mol. The zero-order chi connectivity index (χ0) is 15.5. The molecule has 0 radical (unpaired) electrons. The van der Waals surface area contributed by atoms with Crippen LogP contribution in [0.5, 0.6) is 0 Å². The number of carboxylic acid groups (broad SMARTS) is 1. The third-order valence-electron chi connectivity index (χ3n) is 4.03. The Kier molecular flexibility index (Phi) is 4.65. The number of aliphatic hydroxyl groups excluding tert-OH is 1. The van der Waals surface area contributed by atoms with Gasteiger partial charge in [0.25, 0.3) is 0 Å². The van der Waals surface area contributed by atoms with Gasteiger partial charge in [-0.1, -0.05) is 18.9 Å². The van der Waals surface area contributed by atoms with E-state index in [1.807, 2.05) is 0 Å². The summed E-state index contributed by atoms with van der Waals surface area (Å²) in [4.78, 5) is 10.8. The number of carbonyl (C=O) groups is 1. The van der Waals surface area contributed by atoms with Gasteiger partial charge in [0.05, 0.1) is 10.5 Å². The third-order valence-corrected chi connectivity index (χ3v) is 5.43. The molecule has 1 aliphatic carbocycles. The zero-order valence-corrected chi connectivity index (χ0v) is 12.4. The topological polar surface area (TPSA) is 104 Å². The van der Waals surface area contributed by atoms with Gasteiger partial charge in [-0.3, -0.25) is 0 Å². The molecule has 0 aromatic heterocycles. The second-order valence-corrected chi connectivity index (χ2v) is 7.29. The van der Waals surface area contributed by atoms with Crippen LogP contribution in [0.3, 0.4) is 0 Å². The van der Waals surface area contributed by atoms with Crippen molar-refractivity contribution >= 4 is 16.0 Å². The highest BCUT2D eigenvalue weighted by molar-refractivity contribution is 7.89. The number of nitrogens with one attached hydrogen (secondary N) is 1. The van der Waals surface area contributed by atoms with E-state index in [0.717, 1.165) is 31.7 Å². The van der Waals surface area contributed by atoms with E-state index >= 15 is 0 Å². The van der Waals surface area contributed by atoms with E-state index in [1.54, 1.807) is 0 Å². The van der Waals surface area contributed by atoms with Crippen LogP contribution >= 0.6 is 0 Å². The van der Waals surface area contributed by atoms with Crippen LogP contribution in [0.1, 0.15) is 36.0 Å². The first-order chi connectivity index (χ1) is 9.88. The number of hydrogen-bond acceptors (Lipinski definition) is 4. The predicted molar refractivity (Wildman–Crippen MR) is 76.6 cm³/mol. The van der Waals surface area contributed by atoms with E-state index in [1.165, 1.54) is 18.2 Å². The standard InChI is InChI=1S/C14H19NO5S/c16-10-14(6-1-2-7-14)9-15-21(19,20)12-5-3-4-11(8-12)13(17)18/h3-5,8,15-16H,1-2,6-7,9-10H2,(H,17,18). The Morgan fingerprint density at radius 3 is 2.52 bits per heavy atom. The molecule has 1 aromatic carbocycles. The van der Waals surface area contributed by atoms with E-state index in [2.05, 4.69) is 4.72 Å². The lowest BCUT2D eigenvalue weighted by molar-refractivity contribution is 0.0696. The number of hydrogen-bond donors (Lipinski definition) is 3. The van der Waals surface area contributed by atoms with E-state index < -0.39 is 21.4 Å². The maximum absolute atomic E-state index is 12.2. The van der Waals surface area contributed by atoms with Crippen molar-refractivity contribution in [2.75, 3.05) is 13.2 Å². The molecule has 21 heavy (non-hydrogen) atoms. The molecular formula is C14H19NO5S. The Morgan fingerprint density at radius 2 is 1.95 bits per heavy atom. The normalized spacial score (nSPS) is 17.8. The number of aromatic carboxylic acids is 1. The third kappa shape index (κ3) is 3.61. The van der Waals surface area contributed by atoms with Gasteiger partial charge in [-0.2, -0.15) is 0 Å². The second kappa shape index (κ2) is 6.13. The first-order valence-electron chi connectivity index (χ1n) is 6.82. The van der Waals surface area contributed by atoms with Gasteiger partial charge < -0.3 is 10.2 Å². The Morgan fingerprint density at radius 1 is 1.29 bits per heavy atom. The number of sulfonamides is 1. The lowest BCUT2D eigenvalue weighted by Gasteiger charge is -2.26. The number of rotatable bonds is 6. The van der Waals surface area contributed by atoms with Gasteiger partial charge >= 0.3 is 5.97 Å². The molecule has 3 N–H and O–H groups in total. The molecule has 2 rings (SSSR count). The Labute approximate surface area is 123 Å². The van der Waals surface area contributed by atoms with Gasteiger partial charge in [-0.05, 0) is 31.0 Å². The van der Waals surface area contributed by atoms with Gasteiger partial charge in [0.15, 0.2) is 0 Å². The summed E-state index contributed by atoms with van der Waals surface area (Å²) >= 11 is 0. The van der Waals surface area contributed by atoms with Crippen molar-refractivity contribution in [1.29, 1.82) is 0 Å². The maximum atomic E-state index is 12.2. The van der Waals surface area contributed by atoms with Crippen LogP contribution in [-0.4, -0.2) is 37.8 Å². The van der Waals surface area contributed by atoms with Crippen molar-refractivity contribution < 1.29 is 23.4 Å². The summed E-state index contributed by atoms with van der Waals surface area (Å²) in [6.45, 7) is 0.119. The molecule has 0 spiro atoms. The van der Waals surface area contributed by atoms with Crippen molar-refractivity contribution in [2.24, 2.45) is 5.41 Å². The average Bonchev–Trinajstić information content (AvgIpc) is 2.95. The lowest BCUT2D eigenvalue weighted by Crippen LogP contribution is -2.38. The minimum Gasteiger partial charge on any atom is -0.478 e. The highest BCUT2D eigenvalue weighted by Gasteiger charge is 2.34. The smallest absolute Gasteiger partial charge is 0.335 e. The largest absolute Gasteiger partial charge is 0.478 e. The Hall–Kier alpha value is -1.44. The molecule has 0 atom stereocenters. The molecule has 6 nitrogen and oxygen atoms in total. The first-order valence-corrected chi connectivity index (χ1v) is 8.31. The molecule has 1 aliphatic rings. The summed E-state index contributed by atoms with van der Waals surface area (Å²) in [7, 11) is -3.78. The summed E-state index contributed by atoms with van der Waals surface area (Å²) in [5.74, 6) is -1.17. The van der Waals surface area contributed by atoms with Gasteiger partial charge in [0.2, 0.25) is 10.0 Å². The number of benzene rings is 1. The van der Waals surface area contributed by atoms with Crippen molar-refractivity contribution in [3.8, 4) is 0 Å². The second-order valence-electron chi connectivity index (χ2n) is 5.52. The molecule has 0 bridgehead atoms. The van der Waals surface area contributed by atoms with Crippen LogP contribution < -0.4 is 4.72 Å². The van der Waals surface area contributed by atoms with E-state index in [-0.39, 0.29) is 23.6 Å². The van der Waals surface area contributed by atoms with Crippen LogP contribution in [0.15, 0.2) is 29.2 Å². The van der Waals surface area contributed by atoms with Crippen molar-refractivity contribution in [3.63, 3.8) is 0 Å². The van der Waals surface area contributed by atoms with E-state index in [4.69, 9.17) is 5.11 Å². The molecule has 1 saturated carbocycles. The van der Waals surface area contributed by atoms with Crippen LogP contribution in [0, 0.1) is 5.41 Å². The molecule has 1 fully saturated rings. The summed E-state index contributed by atoms with van der Waals surface area (Å²) in [6, 6.07) is 5.23. The molecule has 116 valence electrons. The molecule has 7 heteroatoms. The fraction of sp³-hybridized carbons (Fsp3) is 0.500. The number of carboxylic acids is 1. The van der Waals surface area contributed by atoms with Crippen LogP contribution in [-0.2, 0) is 10.0 Å². The van der Waals surface area contributed by atoms with Crippen molar-refractivity contribution in [1.82, 2.24) is 4.72 Å². The van der Waals surface area contributed by atoms with E-state index in [9.17, 15) is 18.3 Å².